The summed E-state index contributed by atoms with van der Waals surface area (Å²) in [4.78, 5) is 23.6. The number of hydrogen-bond acceptors (Lipinski definition) is 5. The number of nitrogens with zero attached hydrogens (tertiary/aromatic N) is 5. The number of rotatable bonds is 4. The molecule has 1 N–H and O–H groups in total. The van der Waals surface area contributed by atoms with E-state index in [2.05, 4.69) is 15.3 Å². The van der Waals surface area contributed by atoms with E-state index in [0.29, 0.717) is 6.54 Å². The molecule has 0 radical (unpaired) electrons. The van der Waals surface area contributed by atoms with Gasteiger partial charge >= 0.3 is 5.82 Å². The predicted molar refractivity (Wildman–Crippen MR) is 73.7 cm³/mol. The van der Waals surface area contributed by atoms with Gasteiger partial charge in [-0.15, -0.1) is 5.10 Å². The first kappa shape index (κ1) is 14.7. The van der Waals surface area contributed by atoms with E-state index in [-0.39, 0.29) is 17.4 Å². The molecule has 21 heavy (non-hydrogen) atoms. The van der Waals surface area contributed by atoms with Crippen LogP contribution in [0.15, 0.2) is 6.07 Å². The lowest BCUT2D eigenvalue weighted by molar-refractivity contribution is -0.389. The number of H-pyrrole nitrogens is 1. The Bertz CT molecular complexity index is 702. The van der Waals surface area contributed by atoms with Gasteiger partial charge in [-0.3, -0.25) is 9.48 Å². The van der Waals surface area contributed by atoms with Gasteiger partial charge in [0.15, 0.2) is 5.69 Å². The highest BCUT2D eigenvalue weighted by molar-refractivity contribution is 5.92. The highest BCUT2D eigenvalue weighted by Gasteiger charge is 2.21. The van der Waals surface area contributed by atoms with Crippen LogP contribution in [0.5, 0.6) is 0 Å². The molecule has 0 aliphatic heterocycles. The summed E-state index contributed by atoms with van der Waals surface area (Å²) in [5.74, 6) is -0.692. The fraction of sp³-hybridized carbons (Fsp3) is 0.417. The Morgan fingerprint density at radius 1 is 1.52 bits per heavy atom. The Hall–Kier alpha value is -2.71. The third-order valence-corrected chi connectivity index (χ3v) is 3.38. The van der Waals surface area contributed by atoms with Gasteiger partial charge in [-0.2, -0.15) is 5.10 Å². The third kappa shape index (κ3) is 2.76. The van der Waals surface area contributed by atoms with E-state index in [9.17, 15) is 14.9 Å². The van der Waals surface area contributed by atoms with E-state index in [4.69, 9.17) is 0 Å². The summed E-state index contributed by atoms with van der Waals surface area (Å²) >= 11 is 0. The summed E-state index contributed by atoms with van der Waals surface area (Å²) < 4.78 is 1.75. The van der Waals surface area contributed by atoms with Crippen LogP contribution in [0.2, 0.25) is 0 Å². The lowest BCUT2D eigenvalue weighted by atomic mass is 10.2. The minimum absolute atomic E-state index is 0.0170. The van der Waals surface area contributed by atoms with Crippen molar-refractivity contribution in [2.75, 3.05) is 7.05 Å². The van der Waals surface area contributed by atoms with Gasteiger partial charge in [0, 0.05) is 31.9 Å². The smallest absolute Gasteiger partial charge is 0.343 e. The van der Waals surface area contributed by atoms with E-state index >= 15 is 0 Å². The second kappa shape index (κ2) is 5.35. The van der Waals surface area contributed by atoms with Gasteiger partial charge in [0.25, 0.3) is 5.91 Å². The Balaban J connectivity index is 2.17. The highest BCUT2D eigenvalue weighted by Crippen LogP contribution is 2.16. The lowest BCUT2D eigenvalue weighted by Gasteiger charge is -2.15. The molecular weight excluding hydrogens is 276 g/mol. The van der Waals surface area contributed by atoms with Crippen LogP contribution in [0.4, 0.5) is 5.82 Å². The fourth-order valence-corrected chi connectivity index (χ4v) is 2.07. The number of carbonyl (C=O) groups excluding carboxylic acids is 1. The van der Waals surface area contributed by atoms with Crippen LogP contribution in [0, 0.1) is 24.0 Å². The molecule has 2 aromatic heterocycles. The van der Waals surface area contributed by atoms with Crippen LogP contribution in [0.1, 0.15) is 27.4 Å². The van der Waals surface area contributed by atoms with Crippen molar-refractivity contribution >= 4 is 11.7 Å². The zero-order valence-electron chi connectivity index (χ0n) is 12.2. The molecule has 0 fully saturated rings. The topological polar surface area (TPSA) is 110 Å². The molecule has 0 saturated heterocycles. The average molecular weight is 292 g/mol. The Morgan fingerprint density at radius 2 is 2.19 bits per heavy atom. The van der Waals surface area contributed by atoms with Crippen molar-refractivity contribution in [3.63, 3.8) is 0 Å². The van der Waals surface area contributed by atoms with Crippen LogP contribution in [0.3, 0.4) is 0 Å². The van der Waals surface area contributed by atoms with Crippen LogP contribution in [0.25, 0.3) is 0 Å². The maximum atomic E-state index is 12.2. The molecule has 9 nitrogen and oxygen atoms in total. The quantitative estimate of drug-likeness (QED) is 0.666. The SMILES string of the molecule is Cc1nn(C)c(C)c1CN(C)C(=O)c1cc([N+](=O)[O-])[nH]n1. The molecule has 9 heteroatoms. The summed E-state index contributed by atoms with van der Waals surface area (Å²) in [5.41, 5.74) is 2.80. The maximum absolute atomic E-state index is 12.2. The van der Waals surface area contributed by atoms with Gasteiger partial charge in [-0.25, -0.2) is 0 Å². The van der Waals surface area contributed by atoms with Crippen molar-refractivity contribution < 1.29 is 9.72 Å². The second-order valence-corrected chi connectivity index (χ2v) is 4.83. The number of aromatic nitrogens is 4. The monoisotopic (exact) mass is 292 g/mol. The van der Waals surface area contributed by atoms with Crippen molar-refractivity contribution in [2.45, 2.75) is 20.4 Å². The van der Waals surface area contributed by atoms with Gasteiger partial charge in [0.1, 0.15) is 0 Å². The van der Waals surface area contributed by atoms with E-state index in [0.717, 1.165) is 23.0 Å². The summed E-state index contributed by atoms with van der Waals surface area (Å²) in [6.45, 7) is 4.16. The minimum Gasteiger partial charge on any atom is -0.358 e. The van der Waals surface area contributed by atoms with Crippen molar-refractivity contribution in [1.29, 1.82) is 0 Å². The number of nitro groups is 1. The van der Waals surface area contributed by atoms with Gasteiger partial charge in [0.2, 0.25) is 0 Å². The molecule has 0 aromatic carbocycles. The molecule has 0 aliphatic rings. The molecule has 0 bridgehead atoms. The number of carbonyl (C=O) groups is 1. The first-order chi connectivity index (χ1) is 9.81. The molecule has 0 aliphatic carbocycles. The van der Waals surface area contributed by atoms with E-state index in [1.165, 1.54) is 4.90 Å². The average Bonchev–Trinajstić information content (AvgIpc) is 2.99. The second-order valence-electron chi connectivity index (χ2n) is 4.83. The van der Waals surface area contributed by atoms with E-state index < -0.39 is 4.92 Å². The molecule has 0 atom stereocenters. The first-order valence-corrected chi connectivity index (χ1v) is 6.25. The zero-order valence-corrected chi connectivity index (χ0v) is 12.2. The van der Waals surface area contributed by atoms with Crippen LogP contribution < -0.4 is 0 Å². The maximum Gasteiger partial charge on any atom is 0.343 e. The third-order valence-electron chi connectivity index (χ3n) is 3.38. The minimum atomic E-state index is -0.626. The van der Waals surface area contributed by atoms with E-state index in [1.54, 1.807) is 11.7 Å². The predicted octanol–water partition coefficient (Wildman–Crippen LogP) is 0.940. The number of aromatic amines is 1. The molecule has 0 spiro atoms. The Kier molecular flexibility index (Phi) is 3.74. The summed E-state index contributed by atoms with van der Waals surface area (Å²) in [7, 11) is 3.46. The molecule has 2 aromatic rings. The number of nitrogens with one attached hydrogen (secondary N) is 1. The lowest BCUT2D eigenvalue weighted by Crippen LogP contribution is -2.27. The Morgan fingerprint density at radius 3 is 2.67 bits per heavy atom. The molecule has 0 saturated carbocycles. The molecule has 2 heterocycles. The molecule has 1 amide bonds. The zero-order chi connectivity index (χ0) is 15.7. The van der Waals surface area contributed by atoms with Gasteiger partial charge in [0.05, 0.1) is 11.8 Å². The van der Waals surface area contributed by atoms with Crippen molar-refractivity contribution in [3.8, 4) is 0 Å². The normalized spacial score (nSPS) is 10.7. The molecular formula is C12H16N6O3. The number of amides is 1. The molecule has 2 rings (SSSR count). The fourth-order valence-electron chi connectivity index (χ4n) is 2.07. The van der Waals surface area contributed by atoms with Gasteiger partial charge in [-0.1, -0.05) is 5.10 Å². The standard InChI is InChI=1S/C12H16N6O3/c1-7-9(8(2)17(4)15-7)6-16(3)12(19)10-5-11(14-13-10)18(20)21/h5H,6H2,1-4H3,(H,13,14). The van der Waals surface area contributed by atoms with E-state index in [1.807, 2.05) is 20.9 Å². The van der Waals surface area contributed by atoms with Crippen LogP contribution in [-0.2, 0) is 13.6 Å². The van der Waals surface area contributed by atoms with Crippen LogP contribution >= 0.6 is 0 Å². The summed E-state index contributed by atoms with van der Waals surface area (Å²) in [5, 5.41) is 20.8. The largest absolute Gasteiger partial charge is 0.358 e. The Labute approximate surface area is 120 Å². The van der Waals surface area contributed by atoms with Crippen molar-refractivity contribution in [2.24, 2.45) is 7.05 Å². The number of aryl methyl sites for hydroxylation is 2. The van der Waals surface area contributed by atoms with Crippen LogP contribution in [-0.4, -0.2) is 42.8 Å². The number of hydrogen-bond donors (Lipinski definition) is 1. The first-order valence-electron chi connectivity index (χ1n) is 6.25. The summed E-state index contributed by atoms with van der Waals surface area (Å²) in [6, 6.07) is 1.13. The van der Waals surface area contributed by atoms with Crippen molar-refractivity contribution in [3.05, 3.63) is 38.8 Å². The molecule has 112 valence electrons. The van der Waals surface area contributed by atoms with Gasteiger partial charge < -0.3 is 15.0 Å². The summed E-state index contributed by atoms with van der Waals surface area (Å²) in [6.07, 6.45) is 0. The van der Waals surface area contributed by atoms with Crippen molar-refractivity contribution in [1.82, 2.24) is 24.9 Å². The molecule has 0 unspecified atom stereocenters. The van der Waals surface area contributed by atoms with Gasteiger partial charge in [-0.05, 0) is 18.8 Å². The highest BCUT2D eigenvalue weighted by atomic mass is 16.6.